The number of anilines is 1. The fraction of sp³-hybridized carbons (Fsp3) is 0.158. The summed E-state index contributed by atoms with van der Waals surface area (Å²) in [6.45, 7) is 2.78. The van der Waals surface area contributed by atoms with Crippen LogP contribution in [-0.4, -0.2) is 24.7 Å². The topological polar surface area (TPSA) is 68.5 Å². The molecule has 4 rings (SSSR count). The maximum absolute atomic E-state index is 4.71. The van der Waals surface area contributed by atoms with Gasteiger partial charge in [0.05, 0.1) is 11.6 Å². The highest BCUT2D eigenvalue weighted by Crippen LogP contribution is 2.24. The van der Waals surface area contributed by atoms with Crippen LogP contribution in [0.15, 0.2) is 55.0 Å². The summed E-state index contributed by atoms with van der Waals surface area (Å²) in [6, 6.07) is 12.3. The van der Waals surface area contributed by atoms with Crippen LogP contribution in [0, 0.1) is 6.92 Å². The maximum atomic E-state index is 4.71. The van der Waals surface area contributed by atoms with Crippen molar-refractivity contribution in [3.05, 3.63) is 66.1 Å². The van der Waals surface area contributed by atoms with Gasteiger partial charge in [0.15, 0.2) is 11.5 Å². The number of hydrogen-bond acceptors (Lipinski definition) is 5. The van der Waals surface area contributed by atoms with E-state index in [-0.39, 0.29) is 0 Å². The molecule has 0 spiro atoms. The Balaban J connectivity index is 1.72. The van der Waals surface area contributed by atoms with Gasteiger partial charge in [-0.25, -0.2) is 9.97 Å². The lowest BCUT2D eigenvalue weighted by atomic mass is 10.1. The lowest BCUT2D eigenvalue weighted by Gasteiger charge is -2.09. The fourth-order valence-electron chi connectivity index (χ4n) is 2.68. The summed E-state index contributed by atoms with van der Waals surface area (Å²) in [6.07, 6.45) is 5.28. The van der Waals surface area contributed by atoms with Crippen LogP contribution in [0.1, 0.15) is 11.1 Å². The molecule has 0 unspecified atom stereocenters. The Morgan fingerprint density at radius 3 is 2.52 bits per heavy atom. The average molecular weight is 330 g/mol. The van der Waals surface area contributed by atoms with E-state index in [1.165, 1.54) is 11.1 Å². The van der Waals surface area contributed by atoms with Gasteiger partial charge in [-0.15, -0.1) is 0 Å². The minimum absolute atomic E-state index is 0.657. The first-order chi connectivity index (χ1) is 12.2. The number of aromatic nitrogens is 5. The summed E-state index contributed by atoms with van der Waals surface area (Å²) in [5, 5.41) is 8.66. The minimum Gasteiger partial charge on any atom is -0.365 e. The first-order valence-electron chi connectivity index (χ1n) is 8.10. The number of rotatable bonds is 4. The second kappa shape index (κ2) is 6.32. The van der Waals surface area contributed by atoms with Crippen molar-refractivity contribution in [1.29, 1.82) is 0 Å². The monoisotopic (exact) mass is 330 g/mol. The first-order valence-corrected chi connectivity index (χ1v) is 8.10. The summed E-state index contributed by atoms with van der Waals surface area (Å²) in [7, 11) is 1.88. The third-order valence-corrected chi connectivity index (χ3v) is 4.11. The molecular weight excluding hydrogens is 312 g/mol. The number of nitrogens with one attached hydrogen (secondary N) is 1. The van der Waals surface area contributed by atoms with Gasteiger partial charge in [0.1, 0.15) is 5.82 Å². The zero-order valence-corrected chi connectivity index (χ0v) is 14.1. The highest BCUT2D eigenvalue weighted by atomic mass is 15.3. The second-order valence-corrected chi connectivity index (χ2v) is 5.98. The van der Waals surface area contributed by atoms with Crippen LogP contribution < -0.4 is 5.32 Å². The Morgan fingerprint density at radius 2 is 1.76 bits per heavy atom. The molecule has 0 aliphatic heterocycles. The first kappa shape index (κ1) is 15.3. The zero-order valence-electron chi connectivity index (χ0n) is 14.1. The molecule has 0 aliphatic rings. The third kappa shape index (κ3) is 3.06. The molecule has 124 valence electrons. The van der Waals surface area contributed by atoms with Gasteiger partial charge in [-0.1, -0.05) is 29.8 Å². The largest absolute Gasteiger partial charge is 0.365 e. The molecule has 1 N–H and O–H groups in total. The summed E-state index contributed by atoms with van der Waals surface area (Å²) >= 11 is 0. The molecule has 0 aliphatic carbocycles. The number of hydrogen-bond donors (Lipinski definition) is 1. The predicted molar refractivity (Wildman–Crippen MR) is 98.0 cm³/mol. The Labute approximate surface area is 145 Å². The molecule has 0 saturated carbocycles. The van der Waals surface area contributed by atoms with Crippen LogP contribution in [0.2, 0.25) is 0 Å². The van der Waals surface area contributed by atoms with E-state index in [1.807, 2.05) is 19.2 Å². The smallest absolute Gasteiger partial charge is 0.164 e. The van der Waals surface area contributed by atoms with Crippen molar-refractivity contribution in [2.24, 2.45) is 7.05 Å². The van der Waals surface area contributed by atoms with Gasteiger partial charge in [0.2, 0.25) is 0 Å². The van der Waals surface area contributed by atoms with Crippen molar-refractivity contribution in [2.45, 2.75) is 13.5 Å². The standard InChI is InChI=1S/C19H18N6/c1-13-3-5-14(6-4-13)11-21-18-16-12-22-25(2)19(16)24-17(23-18)15-7-9-20-10-8-15/h3-10,12H,11H2,1-2H3,(H,21,23,24). The van der Waals surface area contributed by atoms with Crippen molar-refractivity contribution in [3.63, 3.8) is 0 Å². The number of benzene rings is 1. The predicted octanol–water partition coefficient (Wildman–Crippen LogP) is 3.35. The van der Waals surface area contributed by atoms with Crippen molar-refractivity contribution in [2.75, 3.05) is 5.32 Å². The maximum Gasteiger partial charge on any atom is 0.164 e. The molecule has 0 amide bonds. The number of fused-ring (bicyclic) bond motifs is 1. The number of aryl methyl sites for hydroxylation is 2. The normalized spacial score (nSPS) is 11.0. The van der Waals surface area contributed by atoms with Gasteiger partial charge in [0.25, 0.3) is 0 Å². The SMILES string of the molecule is Cc1ccc(CNc2nc(-c3ccncc3)nc3c2cnn3C)cc1. The van der Waals surface area contributed by atoms with Gasteiger partial charge in [-0.3, -0.25) is 9.67 Å². The minimum atomic E-state index is 0.657. The molecule has 6 nitrogen and oxygen atoms in total. The number of pyridine rings is 1. The van der Waals surface area contributed by atoms with Crippen LogP contribution in [0.5, 0.6) is 0 Å². The van der Waals surface area contributed by atoms with Crippen molar-refractivity contribution in [3.8, 4) is 11.4 Å². The van der Waals surface area contributed by atoms with E-state index >= 15 is 0 Å². The van der Waals surface area contributed by atoms with E-state index in [9.17, 15) is 0 Å². The summed E-state index contributed by atoms with van der Waals surface area (Å²) < 4.78 is 1.76. The van der Waals surface area contributed by atoms with E-state index < -0.39 is 0 Å². The van der Waals surface area contributed by atoms with Crippen LogP contribution in [0.25, 0.3) is 22.4 Å². The summed E-state index contributed by atoms with van der Waals surface area (Å²) in [5.74, 6) is 1.44. The van der Waals surface area contributed by atoms with E-state index in [2.05, 4.69) is 51.6 Å². The van der Waals surface area contributed by atoms with Gasteiger partial charge in [0, 0.05) is 31.5 Å². The molecule has 3 aromatic heterocycles. The lowest BCUT2D eigenvalue weighted by molar-refractivity contribution is 0.786. The van der Waals surface area contributed by atoms with E-state index in [0.717, 1.165) is 22.4 Å². The Morgan fingerprint density at radius 1 is 1.00 bits per heavy atom. The van der Waals surface area contributed by atoms with Crippen LogP contribution in [-0.2, 0) is 13.6 Å². The second-order valence-electron chi connectivity index (χ2n) is 5.98. The average Bonchev–Trinajstić information content (AvgIpc) is 3.03. The Bertz CT molecular complexity index is 1010. The molecule has 6 heteroatoms. The highest BCUT2D eigenvalue weighted by molar-refractivity contribution is 5.88. The molecular formula is C19H18N6. The van der Waals surface area contributed by atoms with Crippen molar-refractivity contribution < 1.29 is 0 Å². The molecule has 1 aromatic carbocycles. The molecule has 0 saturated heterocycles. The van der Waals surface area contributed by atoms with Crippen molar-refractivity contribution >= 4 is 16.9 Å². The highest BCUT2D eigenvalue weighted by Gasteiger charge is 2.12. The molecule has 0 bridgehead atoms. The molecule has 25 heavy (non-hydrogen) atoms. The van der Waals surface area contributed by atoms with Crippen LogP contribution in [0.3, 0.4) is 0 Å². The lowest BCUT2D eigenvalue weighted by Crippen LogP contribution is -2.04. The quantitative estimate of drug-likeness (QED) is 0.621. The van der Waals surface area contributed by atoms with Crippen LogP contribution in [0.4, 0.5) is 5.82 Å². The molecule has 0 radical (unpaired) electrons. The summed E-state index contributed by atoms with van der Waals surface area (Å²) in [4.78, 5) is 13.4. The van der Waals surface area contributed by atoms with E-state index in [0.29, 0.717) is 12.4 Å². The Hall–Kier alpha value is -3.28. The van der Waals surface area contributed by atoms with E-state index in [4.69, 9.17) is 4.98 Å². The van der Waals surface area contributed by atoms with Crippen LogP contribution >= 0.6 is 0 Å². The third-order valence-electron chi connectivity index (χ3n) is 4.11. The fourth-order valence-corrected chi connectivity index (χ4v) is 2.68. The summed E-state index contributed by atoms with van der Waals surface area (Å²) in [5.41, 5.74) is 4.18. The van der Waals surface area contributed by atoms with Crippen molar-refractivity contribution in [1.82, 2.24) is 24.7 Å². The number of nitrogens with zero attached hydrogens (tertiary/aromatic N) is 5. The molecule has 0 atom stereocenters. The molecule has 0 fully saturated rings. The van der Waals surface area contributed by atoms with Gasteiger partial charge < -0.3 is 5.32 Å². The molecule has 4 aromatic rings. The van der Waals surface area contributed by atoms with Gasteiger partial charge in [-0.2, -0.15) is 5.10 Å². The van der Waals surface area contributed by atoms with Gasteiger partial charge >= 0.3 is 0 Å². The van der Waals surface area contributed by atoms with E-state index in [1.54, 1.807) is 23.3 Å². The zero-order chi connectivity index (χ0) is 17.2. The Kier molecular flexibility index (Phi) is 3.85. The van der Waals surface area contributed by atoms with Gasteiger partial charge in [-0.05, 0) is 24.6 Å². The molecule has 3 heterocycles.